The minimum atomic E-state index is -4.93. The molecule has 0 aliphatic heterocycles. The molecule has 2 rings (SSSR count). The van der Waals surface area contributed by atoms with Crippen molar-refractivity contribution in [1.29, 1.82) is 0 Å². The quantitative estimate of drug-likeness (QED) is 0.778. The standard InChI is InChI=1S/C7H5BrFN3O3S/c1-15-7-5(16(9,13)14)6-10-2-4(8)3-12(6)11-7/h2-3H,1H3. The molecule has 0 aliphatic rings. The highest BCUT2D eigenvalue weighted by molar-refractivity contribution is 9.10. The van der Waals surface area contributed by atoms with Gasteiger partial charge in [0, 0.05) is 12.4 Å². The minimum Gasteiger partial charge on any atom is -0.479 e. The van der Waals surface area contributed by atoms with Crippen LogP contribution in [0.3, 0.4) is 0 Å². The molecule has 0 fully saturated rings. The number of rotatable bonds is 2. The Balaban J connectivity index is 2.90. The molecule has 0 saturated heterocycles. The van der Waals surface area contributed by atoms with Crippen LogP contribution in [0.4, 0.5) is 3.89 Å². The highest BCUT2D eigenvalue weighted by Crippen LogP contribution is 2.28. The van der Waals surface area contributed by atoms with Gasteiger partial charge in [-0.25, -0.2) is 9.50 Å². The van der Waals surface area contributed by atoms with Crippen LogP contribution in [0.15, 0.2) is 21.8 Å². The first-order valence-electron chi connectivity index (χ1n) is 3.96. The zero-order valence-electron chi connectivity index (χ0n) is 7.89. The number of hydrogen-bond donors (Lipinski definition) is 0. The molecule has 2 aromatic heterocycles. The molecule has 86 valence electrons. The zero-order chi connectivity index (χ0) is 11.9. The van der Waals surface area contributed by atoms with Crippen molar-refractivity contribution < 1.29 is 17.0 Å². The lowest BCUT2D eigenvalue weighted by Crippen LogP contribution is -1.96. The van der Waals surface area contributed by atoms with Crippen molar-refractivity contribution in [3.05, 3.63) is 16.9 Å². The normalized spacial score (nSPS) is 11.9. The summed E-state index contributed by atoms with van der Waals surface area (Å²) in [6.45, 7) is 0. The largest absolute Gasteiger partial charge is 0.479 e. The summed E-state index contributed by atoms with van der Waals surface area (Å²) in [5, 5.41) is 3.74. The van der Waals surface area contributed by atoms with Gasteiger partial charge in [0.05, 0.1) is 11.6 Å². The van der Waals surface area contributed by atoms with Crippen LogP contribution >= 0.6 is 15.9 Å². The summed E-state index contributed by atoms with van der Waals surface area (Å²) >= 11 is 3.13. The smallest absolute Gasteiger partial charge is 0.341 e. The number of aromatic nitrogens is 3. The predicted octanol–water partition coefficient (Wildman–Crippen LogP) is 1.16. The molecular weight excluding hydrogens is 305 g/mol. The van der Waals surface area contributed by atoms with E-state index in [1.54, 1.807) is 0 Å². The van der Waals surface area contributed by atoms with Gasteiger partial charge < -0.3 is 4.74 Å². The fourth-order valence-corrected chi connectivity index (χ4v) is 2.21. The fourth-order valence-electron chi connectivity index (χ4n) is 1.22. The summed E-state index contributed by atoms with van der Waals surface area (Å²) in [4.78, 5) is 3.11. The number of hydrogen-bond acceptors (Lipinski definition) is 5. The van der Waals surface area contributed by atoms with Gasteiger partial charge >= 0.3 is 10.2 Å². The monoisotopic (exact) mass is 309 g/mol. The minimum absolute atomic E-state index is 0.123. The second-order valence-corrected chi connectivity index (χ2v) is 5.02. The third kappa shape index (κ3) is 1.76. The molecule has 2 heterocycles. The van der Waals surface area contributed by atoms with E-state index in [1.165, 1.54) is 19.5 Å². The Morgan fingerprint density at radius 3 is 2.81 bits per heavy atom. The number of methoxy groups -OCH3 is 1. The Labute approximate surface area is 98.4 Å². The summed E-state index contributed by atoms with van der Waals surface area (Å²) < 4.78 is 41.2. The molecule has 0 aromatic carbocycles. The van der Waals surface area contributed by atoms with E-state index in [1.807, 2.05) is 0 Å². The van der Waals surface area contributed by atoms with Crippen molar-refractivity contribution in [2.45, 2.75) is 4.90 Å². The Kier molecular flexibility index (Phi) is 2.58. The van der Waals surface area contributed by atoms with Gasteiger partial charge in [0.15, 0.2) is 5.65 Å². The summed E-state index contributed by atoms with van der Waals surface area (Å²) in [7, 11) is -3.73. The first-order chi connectivity index (χ1) is 7.43. The van der Waals surface area contributed by atoms with Crippen LogP contribution in [-0.2, 0) is 10.2 Å². The summed E-state index contributed by atoms with van der Waals surface area (Å²) in [6, 6.07) is 0. The number of ether oxygens (including phenoxy) is 1. The molecular formula is C7H5BrFN3O3S. The molecule has 0 atom stereocenters. The number of nitrogens with zero attached hydrogens (tertiary/aromatic N) is 3. The highest BCUT2D eigenvalue weighted by atomic mass is 79.9. The van der Waals surface area contributed by atoms with Crippen molar-refractivity contribution in [3.8, 4) is 5.88 Å². The zero-order valence-corrected chi connectivity index (χ0v) is 10.3. The summed E-state index contributed by atoms with van der Waals surface area (Å²) in [5.41, 5.74) is -0.123. The van der Waals surface area contributed by atoms with E-state index in [-0.39, 0.29) is 11.5 Å². The van der Waals surface area contributed by atoms with Crippen LogP contribution < -0.4 is 4.74 Å². The van der Waals surface area contributed by atoms with Crippen molar-refractivity contribution in [2.24, 2.45) is 0 Å². The summed E-state index contributed by atoms with van der Waals surface area (Å²) in [6.07, 6.45) is 2.78. The highest BCUT2D eigenvalue weighted by Gasteiger charge is 2.27. The van der Waals surface area contributed by atoms with E-state index in [0.717, 1.165) is 4.52 Å². The van der Waals surface area contributed by atoms with Gasteiger partial charge in [-0.1, -0.05) is 3.89 Å². The molecule has 0 radical (unpaired) electrons. The van der Waals surface area contributed by atoms with E-state index < -0.39 is 15.1 Å². The molecule has 16 heavy (non-hydrogen) atoms. The number of halogens is 2. The topological polar surface area (TPSA) is 73.6 Å². The molecule has 2 aromatic rings. The number of fused-ring (bicyclic) bond motifs is 1. The van der Waals surface area contributed by atoms with Crippen molar-refractivity contribution in [2.75, 3.05) is 7.11 Å². The first kappa shape index (κ1) is 11.3. The fraction of sp³-hybridized carbons (Fsp3) is 0.143. The van der Waals surface area contributed by atoms with E-state index in [4.69, 9.17) is 4.74 Å². The third-order valence-electron chi connectivity index (χ3n) is 1.81. The third-order valence-corrected chi connectivity index (χ3v) is 3.06. The average Bonchev–Trinajstić information content (AvgIpc) is 2.54. The maximum atomic E-state index is 13.0. The Morgan fingerprint density at radius 2 is 2.25 bits per heavy atom. The average molecular weight is 310 g/mol. The van der Waals surface area contributed by atoms with E-state index in [2.05, 4.69) is 26.0 Å². The molecule has 0 amide bonds. The summed E-state index contributed by atoms with van der Waals surface area (Å²) in [5.74, 6) is -0.326. The Bertz CT molecular complexity index is 654. The van der Waals surface area contributed by atoms with Gasteiger partial charge in [-0.05, 0) is 15.9 Å². The van der Waals surface area contributed by atoms with E-state index in [9.17, 15) is 12.3 Å². The van der Waals surface area contributed by atoms with Gasteiger partial charge in [0.1, 0.15) is 0 Å². The molecule has 6 nitrogen and oxygen atoms in total. The van der Waals surface area contributed by atoms with Gasteiger partial charge in [0.2, 0.25) is 4.90 Å². The lowest BCUT2D eigenvalue weighted by atomic mass is 10.6. The Hall–Kier alpha value is -1.22. The van der Waals surface area contributed by atoms with Crippen LogP contribution in [-0.4, -0.2) is 30.1 Å². The van der Waals surface area contributed by atoms with Crippen LogP contribution in [0.2, 0.25) is 0 Å². The van der Waals surface area contributed by atoms with Crippen LogP contribution in [0.25, 0.3) is 5.65 Å². The van der Waals surface area contributed by atoms with Gasteiger partial charge in [-0.3, -0.25) is 0 Å². The van der Waals surface area contributed by atoms with Gasteiger partial charge in [-0.15, -0.1) is 5.10 Å². The van der Waals surface area contributed by atoms with Crippen molar-refractivity contribution >= 4 is 31.8 Å². The molecule has 9 heteroatoms. The molecule has 0 bridgehead atoms. The molecule has 0 saturated carbocycles. The molecule has 0 aliphatic carbocycles. The maximum absolute atomic E-state index is 13.0. The van der Waals surface area contributed by atoms with Crippen molar-refractivity contribution in [3.63, 3.8) is 0 Å². The molecule has 0 spiro atoms. The van der Waals surface area contributed by atoms with Gasteiger partial charge in [-0.2, -0.15) is 8.42 Å². The second kappa shape index (κ2) is 3.67. The van der Waals surface area contributed by atoms with Crippen LogP contribution in [0.5, 0.6) is 5.88 Å². The van der Waals surface area contributed by atoms with E-state index in [0.29, 0.717) is 4.47 Å². The first-order valence-corrected chi connectivity index (χ1v) is 6.13. The maximum Gasteiger partial charge on any atom is 0.341 e. The molecule has 0 N–H and O–H groups in total. The van der Waals surface area contributed by atoms with Crippen molar-refractivity contribution in [1.82, 2.24) is 14.6 Å². The van der Waals surface area contributed by atoms with Crippen LogP contribution in [0, 0.1) is 0 Å². The second-order valence-electron chi connectivity index (χ2n) is 2.82. The lowest BCUT2D eigenvalue weighted by Gasteiger charge is -1.94. The lowest BCUT2D eigenvalue weighted by molar-refractivity contribution is 0.383. The van der Waals surface area contributed by atoms with E-state index >= 15 is 0 Å². The van der Waals surface area contributed by atoms with Gasteiger partial charge in [0.25, 0.3) is 5.88 Å². The SMILES string of the molecule is COc1nn2cc(Br)cnc2c1S(=O)(=O)F. The Morgan fingerprint density at radius 1 is 1.56 bits per heavy atom. The molecule has 0 unspecified atom stereocenters. The predicted molar refractivity (Wildman–Crippen MR) is 55.5 cm³/mol. The van der Waals surface area contributed by atoms with Crippen LogP contribution in [0.1, 0.15) is 0 Å².